The summed E-state index contributed by atoms with van der Waals surface area (Å²) < 4.78 is 3.44. The molecular weight excluding hydrogens is 460 g/mol. The molecule has 1 fully saturated rings. The fourth-order valence-electron chi connectivity index (χ4n) is 4.05. The quantitative estimate of drug-likeness (QED) is 0.277. The average molecular weight is 485 g/mol. The molecule has 35 heavy (non-hydrogen) atoms. The molecule has 4 N–H and O–H groups in total. The highest BCUT2D eigenvalue weighted by molar-refractivity contribution is 7.97. The molecule has 0 unspecified atom stereocenters. The van der Waals surface area contributed by atoms with Gasteiger partial charge in [0.15, 0.2) is 0 Å². The van der Waals surface area contributed by atoms with Crippen LogP contribution in [0.3, 0.4) is 0 Å². The van der Waals surface area contributed by atoms with E-state index in [1.165, 1.54) is 11.9 Å². The van der Waals surface area contributed by atoms with Gasteiger partial charge in [-0.25, -0.2) is 9.97 Å². The number of anilines is 1. The van der Waals surface area contributed by atoms with E-state index in [2.05, 4.69) is 41.4 Å². The molecular formula is C25H24N8OS. The number of hydrogen-bond acceptors (Lipinski definition) is 8. The Morgan fingerprint density at radius 1 is 1.17 bits per heavy atom. The maximum absolute atomic E-state index is 12.3. The first kappa shape index (κ1) is 22.8. The molecule has 5 rings (SSSR count). The largest absolute Gasteiger partial charge is 0.381 e. The minimum Gasteiger partial charge on any atom is -0.381 e. The third-order valence-electron chi connectivity index (χ3n) is 5.90. The molecule has 10 heteroatoms. The summed E-state index contributed by atoms with van der Waals surface area (Å²) >= 11 is 1.45. The van der Waals surface area contributed by atoms with Crippen molar-refractivity contribution < 1.29 is 4.79 Å². The number of amides is 1. The summed E-state index contributed by atoms with van der Waals surface area (Å²) in [7, 11) is 0. The Hall–Kier alpha value is -3.94. The van der Waals surface area contributed by atoms with E-state index < -0.39 is 0 Å². The second kappa shape index (κ2) is 10.1. The first-order valence-electron chi connectivity index (χ1n) is 11.4. The summed E-state index contributed by atoms with van der Waals surface area (Å²) in [4.78, 5) is 28.9. The lowest BCUT2D eigenvalue weighted by Crippen LogP contribution is -2.45. The van der Waals surface area contributed by atoms with Crippen LogP contribution >= 0.6 is 11.9 Å². The molecule has 4 aromatic rings. The van der Waals surface area contributed by atoms with E-state index in [1.807, 2.05) is 19.2 Å². The number of aromatic amines is 1. The smallest absolute Gasteiger partial charge is 0.251 e. The Labute approximate surface area is 206 Å². The van der Waals surface area contributed by atoms with Crippen LogP contribution in [-0.4, -0.2) is 44.5 Å². The molecule has 1 aliphatic carbocycles. The van der Waals surface area contributed by atoms with Gasteiger partial charge in [0.25, 0.3) is 5.91 Å². The Morgan fingerprint density at radius 3 is 2.86 bits per heavy atom. The molecule has 0 atom stereocenters. The van der Waals surface area contributed by atoms with Gasteiger partial charge < -0.3 is 15.6 Å². The molecule has 4 heterocycles. The van der Waals surface area contributed by atoms with Crippen LogP contribution < -0.4 is 15.4 Å². The molecule has 9 nitrogen and oxygen atoms in total. The third kappa shape index (κ3) is 4.96. The molecule has 0 aromatic carbocycles. The van der Waals surface area contributed by atoms with Crippen LogP contribution in [0.1, 0.15) is 35.7 Å². The number of H-pyrrole nitrogens is 1. The lowest BCUT2D eigenvalue weighted by molar-refractivity contribution is 0.0955. The second-order valence-electron chi connectivity index (χ2n) is 8.30. The van der Waals surface area contributed by atoms with Gasteiger partial charge in [-0.1, -0.05) is 0 Å². The minimum atomic E-state index is -0.124. The van der Waals surface area contributed by atoms with Crippen molar-refractivity contribution in [1.29, 1.82) is 5.26 Å². The molecule has 0 bridgehead atoms. The fraction of sp³-hybridized carbons (Fsp3) is 0.240. The number of fused-ring (bicyclic) bond motifs is 1. The molecule has 1 saturated carbocycles. The van der Waals surface area contributed by atoms with Crippen LogP contribution in [0, 0.1) is 11.3 Å². The van der Waals surface area contributed by atoms with Crippen molar-refractivity contribution in [3.05, 3.63) is 66.2 Å². The van der Waals surface area contributed by atoms with Crippen molar-refractivity contribution in [3.63, 3.8) is 0 Å². The zero-order valence-corrected chi connectivity index (χ0v) is 19.9. The molecule has 1 amide bonds. The van der Waals surface area contributed by atoms with Crippen molar-refractivity contribution in [1.82, 2.24) is 30.0 Å². The molecule has 0 aliphatic heterocycles. The van der Waals surface area contributed by atoms with Gasteiger partial charge in [-0.3, -0.25) is 14.5 Å². The van der Waals surface area contributed by atoms with Crippen molar-refractivity contribution >= 4 is 34.6 Å². The first-order chi connectivity index (χ1) is 17.1. The number of carbonyl (C=O) groups excluding carboxylic acids is 1. The van der Waals surface area contributed by atoms with Gasteiger partial charge in [-0.15, -0.1) is 0 Å². The Morgan fingerprint density at radius 2 is 2.03 bits per heavy atom. The van der Waals surface area contributed by atoms with E-state index in [0.717, 1.165) is 40.2 Å². The van der Waals surface area contributed by atoms with E-state index in [-0.39, 0.29) is 11.9 Å². The number of nitrogens with zero attached hydrogens (tertiary/aromatic N) is 4. The van der Waals surface area contributed by atoms with Gasteiger partial charge in [0, 0.05) is 59.9 Å². The van der Waals surface area contributed by atoms with Gasteiger partial charge in [-0.05, 0) is 62.0 Å². The summed E-state index contributed by atoms with van der Waals surface area (Å²) in [6, 6.07) is 11.7. The van der Waals surface area contributed by atoms with Crippen LogP contribution in [-0.2, 0) is 0 Å². The summed E-state index contributed by atoms with van der Waals surface area (Å²) in [5.74, 6) is -0.124. The average Bonchev–Trinajstić information content (AvgIpc) is 3.35. The van der Waals surface area contributed by atoms with Crippen LogP contribution in [0.5, 0.6) is 0 Å². The van der Waals surface area contributed by atoms with E-state index in [4.69, 9.17) is 5.26 Å². The summed E-state index contributed by atoms with van der Waals surface area (Å²) in [6.07, 6.45) is 8.84. The first-order valence-corrected chi connectivity index (χ1v) is 12.2. The zero-order chi connectivity index (χ0) is 24.2. The number of aromatic nitrogens is 4. The minimum absolute atomic E-state index is 0.124. The number of hydrogen-bond donors (Lipinski definition) is 4. The van der Waals surface area contributed by atoms with Crippen molar-refractivity contribution in [2.75, 3.05) is 11.9 Å². The van der Waals surface area contributed by atoms with E-state index >= 15 is 0 Å². The number of nitriles is 1. The molecule has 4 aromatic heterocycles. The number of rotatable bonds is 8. The second-order valence-corrected chi connectivity index (χ2v) is 9.16. The molecule has 0 spiro atoms. The molecule has 176 valence electrons. The Bertz CT molecular complexity index is 1410. The predicted molar refractivity (Wildman–Crippen MR) is 136 cm³/mol. The number of nitrogens with one attached hydrogen (secondary N) is 4. The Kier molecular flexibility index (Phi) is 6.61. The highest BCUT2D eigenvalue weighted by atomic mass is 32.2. The standard InChI is InChI=1S/C25H24N8OS/c1-2-27-25(34)16-4-7-28-21(10-16)20-14-31-24-19(5-8-30-24)23(20)32-17-11-18(12-17)33-35-22-9-15(13-26)3-6-29-22/h3-10,14,17-18,33H,2,11-12H2,1H3,(H,27,34)(H2,30,31,32). The lowest BCUT2D eigenvalue weighted by Gasteiger charge is -2.37. The highest BCUT2D eigenvalue weighted by Gasteiger charge is 2.30. The highest BCUT2D eigenvalue weighted by Crippen LogP contribution is 2.36. The van der Waals surface area contributed by atoms with Gasteiger partial charge in [0.2, 0.25) is 0 Å². The molecule has 0 saturated heterocycles. The van der Waals surface area contributed by atoms with Crippen LogP contribution in [0.15, 0.2) is 60.1 Å². The van der Waals surface area contributed by atoms with Crippen LogP contribution in [0.4, 0.5) is 5.69 Å². The van der Waals surface area contributed by atoms with Gasteiger partial charge >= 0.3 is 0 Å². The maximum atomic E-state index is 12.3. The van der Waals surface area contributed by atoms with Crippen molar-refractivity contribution in [2.45, 2.75) is 36.9 Å². The Balaban J connectivity index is 1.31. The molecule has 0 radical (unpaired) electrons. The maximum Gasteiger partial charge on any atom is 0.251 e. The normalized spacial score (nSPS) is 16.9. The fourth-order valence-corrected chi connectivity index (χ4v) is 4.83. The predicted octanol–water partition coefficient (Wildman–Crippen LogP) is 3.88. The monoisotopic (exact) mass is 484 g/mol. The topological polar surface area (TPSA) is 131 Å². The van der Waals surface area contributed by atoms with Gasteiger partial charge in [0.1, 0.15) is 10.7 Å². The summed E-state index contributed by atoms with van der Waals surface area (Å²) in [6.45, 7) is 2.46. The number of pyridine rings is 3. The number of carbonyl (C=O) groups is 1. The molecule has 1 aliphatic rings. The van der Waals surface area contributed by atoms with Gasteiger partial charge in [0.05, 0.1) is 23.0 Å². The van der Waals surface area contributed by atoms with Crippen molar-refractivity contribution in [3.8, 4) is 17.3 Å². The third-order valence-corrected chi connectivity index (χ3v) is 6.79. The summed E-state index contributed by atoms with van der Waals surface area (Å²) in [5.41, 5.74) is 4.46. The van der Waals surface area contributed by atoms with Crippen LogP contribution in [0.2, 0.25) is 0 Å². The summed E-state index contributed by atoms with van der Waals surface area (Å²) in [5, 5.41) is 17.3. The van der Waals surface area contributed by atoms with E-state index in [1.54, 1.807) is 42.9 Å². The van der Waals surface area contributed by atoms with E-state index in [9.17, 15) is 4.79 Å². The lowest BCUT2D eigenvalue weighted by atomic mass is 9.87. The van der Waals surface area contributed by atoms with Gasteiger partial charge in [-0.2, -0.15) is 5.26 Å². The van der Waals surface area contributed by atoms with Crippen LogP contribution in [0.25, 0.3) is 22.3 Å². The zero-order valence-electron chi connectivity index (χ0n) is 19.1. The SMILES string of the molecule is CCNC(=O)c1ccnc(-c2cnc3[nH]ccc3c2NC2CC(NSc3cc(C#N)ccn3)C2)c1. The van der Waals surface area contributed by atoms with Crippen molar-refractivity contribution in [2.24, 2.45) is 0 Å². The van der Waals surface area contributed by atoms with E-state index in [0.29, 0.717) is 29.4 Å².